The summed E-state index contributed by atoms with van der Waals surface area (Å²) < 4.78 is 0. The molecule has 0 saturated carbocycles. The van der Waals surface area contributed by atoms with Crippen LogP contribution in [0.5, 0.6) is 0 Å². The molecular weight excluding hydrogens is 533 g/mol. The molecule has 6 heteroatoms. The van der Waals surface area contributed by atoms with Crippen LogP contribution in [0.1, 0.15) is 29.5 Å². The van der Waals surface area contributed by atoms with Gasteiger partial charge in [-0.2, -0.15) is 23.5 Å². The van der Waals surface area contributed by atoms with E-state index in [0.29, 0.717) is 17.9 Å². The number of rotatable bonds is 16. The van der Waals surface area contributed by atoms with Crippen molar-refractivity contribution in [2.45, 2.75) is 25.7 Å². The Morgan fingerprint density at radius 1 is 0.550 bits per heavy atom. The zero-order chi connectivity index (χ0) is 27.8. The maximum absolute atomic E-state index is 12.4. The highest BCUT2D eigenvalue weighted by molar-refractivity contribution is 8.00. The summed E-state index contributed by atoms with van der Waals surface area (Å²) in [6.07, 6.45) is 3.45. The van der Waals surface area contributed by atoms with Crippen LogP contribution < -0.4 is 10.6 Å². The van der Waals surface area contributed by atoms with Gasteiger partial charge in [-0.05, 0) is 83.9 Å². The summed E-state index contributed by atoms with van der Waals surface area (Å²) >= 11 is 3.36. The van der Waals surface area contributed by atoms with Crippen molar-refractivity contribution in [2.75, 3.05) is 33.6 Å². The number of Topliss-reactive ketones (excluding diaryl/α,β-unsaturated/α-hetero) is 1. The normalized spacial score (nSPS) is 10.7. The van der Waals surface area contributed by atoms with Gasteiger partial charge < -0.3 is 10.6 Å². The van der Waals surface area contributed by atoms with E-state index in [1.54, 1.807) is 23.5 Å². The first-order chi connectivity index (χ1) is 19.6. The van der Waals surface area contributed by atoms with Crippen molar-refractivity contribution in [2.24, 2.45) is 0 Å². The van der Waals surface area contributed by atoms with Crippen LogP contribution in [0.3, 0.4) is 0 Å². The molecule has 0 aromatic heterocycles. The maximum Gasteiger partial charge on any atom is 0.234 e. The summed E-state index contributed by atoms with van der Waals surface area (Å²) in [6.45, 7) is 0. The van der Waals surface area contributed by atoms with E-state index in [2.05, 4.69) is 47.0 Å². The third-order valence-electron chi connectivity index (χ3n) is 6.23. The van der Waals surface area contributed by atoms with Crippen molar-refractivity contribution < 1.29 is 9.59 Å². The molecule has 0 unspecified atom stereocenters. The van der Waals surface area contributed by atoms with E-state index in [1.807, 2.05) is 72.8 Å². The number of carbonyl (C=O) groups excluding carboxylic acids is 2. The SMILES string of the molecule is O=C(CSCCCCSCC(=O)Nc1ccc(Cc2ccccc2)cc1)Cc1ccc(Nc2ccccc2)cc1. The van der Waals surface area contributed by atoms with Gasteiger partial charge in [0.15, 0.2) is 0 Å². The Labute approximate surface area is 246 Å². The fourth-order valence-electron chi connectivity index (χ4n) is 4.17. The van der Waals surface area contributed by atoms with E-state index in [4.69, 9.17) is 0 Å². The van der Waals surface area contributed by atoms with Gasteiger partial charge in [-0.25, -0.2) is 0 Å². The standard InChI is InChI=1S/C34H36N2O2S2/c37-33(24-29-15-17-31(18-16-29)35-30-11-5-2-6-12-30)25-39-21-7-8-22-40-26-34(38)36-32-19-13-28(14-20-32)23-27-9-3-1-4-10-27/h1-6,9-20,35H,7-8,21-26H2,(H,36,38). The molecule has 0 atom stereocenters. The lowest BCUT2D eigenvalue weighted by Gasteiger charge is -2.08. The molecular formula is C34H36N2O2S2. The van der Waals surface area contributed by atoms with Gasteiger partial charge in [0.2, 0.25) is 5.91 Å². The van der Waals surface area contributed by atoms with E-state index in [-0.39, 0.29) is 11.7 Å². The minimum atomic E-state index is 0.0321. The van der Waals surface area contributed by atoms with Gasteiger partial charge in [-0.1, -0.05) is 72.8 Å². The molecule has 0 bridgehead atoms. The highest BCUT2D eigenvalue weighted by Crippen LogP contribution is 2.18. The number of ketones is 1. The fraction of sp³-hybridized carbons (Fsp3) is 0.235. The van der Waals surface area contributed by atoms with Crippen LogP contribution in [0.4, 0.5) is 17.1 Å². The lowest BCUT2D eigenvalue weighted by atomic mass is 10.0. The first-order valence-electron chi connectivity index (χ1n) is 13.6. The lowest BCUT2D eigenvalue weighted by Crippen LogP contribution is -2.14. The van der Waals surface area contributed by atoms with Gasteiger partial charge >= 0.3 is 0 Å². The molecule has 0 spiro atoms. The predicted molar refractivity (Wildman–Crippen MR) is 173 cm³/mol. The van der Waals surface area contributed by atoms with Crippen molar-refractivity contribution in [1.82, 2.24) is 0 Å². The molecule has 0 aliphatic carbocycles. The number of para-hydroxylation sites is 1. The zero-order valence-corrected chi connectivity index (χ0v) is 24.3. The van der Waals surface area contributed by atoms with Gasteiger partial charge in [0, 0.05) is 23.5 Å². The minimum Gasteiger partial charge on any atom is -0.356 e. The van der Waals surface area contributed by atoms with E-state index in [1.165, 1.54) is 11.1 Å². The van der Waals surface area contributed by atoms with Crippen molar-refractivity contribution >= 4 is 52.3 Å². The minimum absolute atomic E-state index is 0.0321. The molecule has 0 aliphatic rings. The number of thioether (sulfide) groups is 2. The summed E-state index contributed by atoms with van der Waals surface area (Å²) in [4.78, 5) is 24.6. The summed E-state index contributed by atoms with van der Waals surface area (Å²) in [5.74, 6) is 3.20. The van der Waals surface area contributed by atoms with Crippen LogP contribution in [0.2, 0.25) is 0 Å². The highest BCUT2D eigenvalue weighted by Gasteiger charge is 2.06. The van der Waals surface area contributed by atoms with Crippen LogP contribution in [0, 0.1) is 0 Å². The molecule has 0 fully saturated rings. The monoisotopic (exact) mass is 568 g/mol. The van der Waals surface area contributed by atoms with Crippen LogP contribution >= 0.6 is 23.5 Å². The molecule has 0 radical (unpaired) electrons. The number of hydrogen-bond acceptors (Lipinski definition) is 5. The average Bonchev–Trinajstić information content (AvgIpc) is 2.97. The second-order valence-corrected chi connectivity index (χ2v) is 11.8. The van der Waals surface area contributed by atoms with E-state index in [9.17, 15) is 9.59 Å². The second-order valence-electron chi connectivity index (χ2n) is 9.62. The Morgan fingerprint density at radius 2 is 1.07 bits per heavy atom. The second kappa shape index (κ2) is 16.6. The Kier molecular flexibility index (Phi) is 12.2. The molecule has 4 aromatic carbocycles. The number of anilines is 3. The van der Waals surface area contributed by atoms with Crippen LogP contribution in [-0.4, -0.2) is 34.7 Å². The molecule has 206 valence electrons. The number of nitrogens with one attached hydrogen (secondary N) is 2. The molecule has 4 rings (SSSR count). The van der Waals surface area contributed by atoms with Gasteiger partial charge in [0.05, 0.1) is 11.5 Å². The van der Waals surface area contributed by atoms with Gasteiger partial charge in [-0.15, -0.1) is 0 Å². The van der Waals surface area contributed by atoms with Crippen LogP contribution in [0.15, 0.2) is 109 Å². The Morgan fingerprint density at radius 3 is 1.75 bits per heavy atom. The fourth-order valence-corrected chi connectivity index (χ4v) is 5.86. The van der Waals surface area contributed by atoms with Crippen molar-refractivity contribution in [1.29, 1.82) is 0 Å². The van der Waals surface area contributed by atoms with Crippen LogP contribution in [-0.2, 0) is 22.4 Å². The molecule has 0 heterocycles. The summed E-state index contributed by atoms with van der Waals surface area (Å²) in [5.41, 5.74) is 6.44. The first-order valence-corrected chi connectivity index (χ1v) is 16.0. The first kappa shape index (κ1) is 29.5. The van der Waals surface area contributed by atoms with E-state index >= 15 is 0 Å². The van der Waals surface area contributed by atoms with Gasteiger partial charge in [0.1, 0.15) is 5.78 Å². The van der Waals surface area contributed by atoms with E-state index in [0.717, 1.165) is 53.4 Å². The number of benzene rings is 4. The van der Waals surface area contributed by atoms with Crippen molar-refractivity contribution in [3.05, 3.63) is 126 Å². The third kappa shape index (κ3) is 10.9. The topological polar surface area (TPSA) is 58.2 Å². The number of hydrogen-bond donors (Lipinski definition) is 2. The molecule has 4 aromatic rings. The van der Waals surface area contributed by atoms with Gasteiger partial charge in [-0.3, -0.25) is 9.59 Å². The Hall–Kier alpha value is -3.48. The molecule has 40 heavy (non-hydrogen) atoms. The maximum atomic E-state index is 12.4. The Balaban J connectivity index is 1.01. The van der Waals surface area contributed by atoms with Crippen molar-refractivity contribution in [3.8, 4) is 0 Å². The third-order valence-corrected chi connectivity index (χ3v) is 8.38. The molecule has 0 saturated heterocycles. The quantitative estimate of drug-likeness (QED) is 0.134. The number of amides is 1. The lowest BCUT2D eigenvalue weighted by molar-refractivity contribution is -0.116. The average molecular weight is 569 g/mol. The van der Waals surface area contributed by atoms with Gasteiger partial charge in [0.25, 0.3) is 0 Å². The predicted octanol–water partition coefficient (Wildman–Crippen LogP) is 8.02. The molecule has 1 amide bonds. The number of carbonyl (C=O) groups is 2. The van der Waals surface area contributed by atoms with Crippen molar-refractivity contribution in [3.63, 3.8) is 0 Å². The molecule has 0 aliphatic heterocycles. The van der Waals surface area contributed by atoms with Crippen LogP contribution in [0.25, 0.3) is 0 Å². The molecule has 2 N–H and O–H groups in total. The van der Waals surface area contributed by atoms with E-state index < -0.39 is 0 Å². The largest absolute Gasteiger partial charge is 0.356 e. The smallest absolute Gasteiger partial charge is 0.234 e. The number of unbranched alkanes of at least 4 members (excludes halogenated alkanes) is 1. The summed E-state index contributed by atoms with van der Waals surface area (Å²) in [6, 6.07) is 36.6. The Bertz CT molecular complexity index is 1210. The molecule has 4 nitrogen and oxygen atoms in total. The zero-order valence-electron chi connectivity index (χ0n) is 22.7. The summed E-state index contributed by atoms with van der Waals surface area (Å²) in [5, 5.41) is 6.35. The highest BCUT2D eigenvalue weighted by atomic mass is 32.2. The summed E-state index contributed by atoms with van der Waals surface area (Å²) in [7, 11) is 0.